The Morgan fingerprint density at radius 3 is 2.12 bits per heavy atom. The Balaban J connectivity index is 3.53. The number of rotatable bonds is 3. The van der Waals surface area contributed by atoms with Gasteiger partial charge in [0, 0.05) is 0 Å². The van der Waals surface area contributed by atoms with Gasteiger partial charge in [-0.15, -0.1) is 6.58 Å². The van der Waals surface area contributed by atoms with Crippen LogP contribution in [0.25, 0.3) is 0 Å². The molecule has 0 aliphatic rings. The average molecular weight is 111 g/mol. The number of hydrogen-bond acceptors (Lipinski definition) is 0. The lowest BCUT2D eigenvalue weighted by molar-refractivity contribution is 0.552. The fourth-order valence-electron chi connectivity index (χ4n) is 0.609. The van der Waals surface area contributed by atoms with Gasteiger partial charge in [0.1, 0.15) is 0 Å². The lowest BCUT2D eigenvalue weighted by Crippen LogP contribution is -2.05. The molecule has 0 bridgehead atoms. The molecule has 8 heavy (non-hydrogen) atoms. The second-order valence-electron chi connectivity index (χ2n) is 2.64. The van der Waals surface area contributed by atoms with Crippen LogP contribution in [0.2, 0.25) is 0 Å². The van der Waals surface area contributed by atoms with E-state index < -0.39 is 0 Å². The van der Waals surface area contributed by atoms with Gasteiger partial charge < -0.3 is 0 Å². The lowest BCUT2D eigenvalue weighted by atomic mass is 9.89. The van der Waals surface area contributed by atoms with Crippen LogP contribution in [0.1, 0.15) is 27.2 Å². The maximum atomic E-state index is 3.72. The van der Waals surface area contributed by atoms with Crippen LogP contribution in [0, 0.1) is 11.8 Å². The maximum Gasteiger partial charge on any atom is -0.0146 e. The monoisotopic (exact) mass is 111 g/mol. The van der Waals surface area contributed by atoms with Crippen LogP contribution < -0.4 is 0 Å². The van der Waals surface area contributed by atoms with Crippen LogP contribution in [-0.4, -0.2) is 0 Å². The molecule has 0 aliphatic carbocycles. The van der Waals surface area contributed by atoms with E-state index >= 15 is 0 Å². The third-order valence-corrected chi connectivity index (χ3v) is 1.26. The Bertz CT molecular complexity index is 70.1. The highest BCUT2D eigenvalue weighted by Gasteiger charge is 2.09. The van der Waals surface area contributed by atoms with Crippen molar-refractivity contribution < 1.29 is 0 Å². The van der Waals surface area contributed by atoms with Gasteiger partial charge in [0.05, 0.1) is 0 Å². The molecule has 0 saturated carbocycles. The molecule has 1 radical (unpaired) electrons. The summed E-state index contributed by atoms with van der Waals surface area (Å²) in [6.07, 6.45) is 5.34. The molecule has 0 saturated heterocycles. The minimum absolute atomic E-state index is 0.231. The fourth-order valence-corrected chi connectivity index (χ4v) is 0.609. The van der Waals surface area contributed by atoms with Gasteiger partial charge in [-0.25, -0.2) is 0 Å². The van der Waals surface area contributed by atoms with Crippen molar-refractivity contribution in [1.82, 2.24) is 0 Å². The van der Waals surface area contributed by atoms with Crippen molar-refractivity contribution in [3.8, 4) is 0 Å². The van der Waals surface area contributed by atoms with Gasteiger partial charge in [0.15, 0.2) is 0 Å². The number of hydrogen-bond donors (Lipinski definition) is 0. The molecule has 0 spiro atoms. The van der Waals surface area contributed by atoms with Crippen molar-refractivity contribution in [2.75, 3.05) is 0 Å². The van der Waals surface area contributed by atoms with Gasteiger partial charge in [0.2, 0.25) is 0 Å². The predicted molar refractivity (Wildman–Crippen MR) is 38.6 cm³/mol. The van der Waals surface area contributed by atoms with Crippen molar-refractivity contribution in [2.45, 2.75) is 27.2 Å². The smallest absolute Gasteiger partial charge is 0.0146 e. The first-order valence-corrected chi connectivity index (χ1v) is 3.10. The van der Waals surface area contributed by atoms with Crippen LogP contribution in [0.15, 0.2) is 12.7 Å². The van der Waals surface area contributed by atoms with E-state index in [2.05, 4.69) is 33.8 Å². The standard InChI is InChI=1S/C8H15/c1-5-7-8(3,4)6-2/h6-7H,2,5H2,1,3-4H3. The molecule has 0 nitrogen and oxygen atoms in total. The molecule has 0 rings (SSSR count). The van der Waals surface area contributed by atoms with Crippen LogP contribution in [0.3, 0.4) is 0 Å². The zero-order chi connectivity index (χ0) is 6.62. The van der Waals surface area contributed by atoms with E-state index in [9.17, 15) is 0 Å². The minimum atomic E-state index is 0.231. The number of allylic oxidation sites excluding steroid dienone is 1. The summed E-state index contributed by atoms with van der Waals surface area (Å²) in [5.41, 5.74) is 0.231. The summed E-state index contributed by atoms with van der Waals surface area (Å²) in [5.74, 6) is 0. The second-order valence-corrected chi connectivity index (χ2v) is 2.64. The highest BCUT2D eigenvalue weighted by molar-refractivity contribution is 4.97. The van der Waals surface area contributed by atoms with Gasteiger partial charge >= 0.3 is 0 Å². The van der Waals surface area contributed by atoms with Crippen LogP contribution in [0.4, 0.5) is 0 Å². The van der Waals surface area contributed by atoms with Crippen LogP contribution in [-0.2, 0) is 0 Å². The van der Waals surface area contributed by atoms with Gasteiger partial charge in [-0.05, 0) is 11.8 Å². The van der Waals surface area contributed by atoms with E-state index in [1.54, 1.807) is 0 Å². The van der Waals surface area contributed by atoms with Crippen molar-refractivity contribution in [2.24, 2.45) is 5.41 Å². The molecule has 0 heterocycles. The highest BCUT2D eigenvalue weighted by atomic mass is 14.1. The van der Waals surface area contributed by atoms with Crippen molar-refractivity contribution >= 4 is 0 Å². The van der Waals surface area contributed by atoms with Gasteiger partial charge in [0.25, 0.3) is 0 Å². The molecule has 0 unspecified atom stereocenters. The van der Waals surface area contributed by atoms with Crippen molar-refractivity contribution in [1.29, 1.82) is 0 Å². The van der Waals surface area contributed by atoms with E-state index in [4.69, 9.17) is 0 Å². The van der Waals surface area contributed by atoms with Crippen molar-refractivity contribution in [3.05, 3.63) is 19.1 Å². The third kappa shape index (κ3) is 2.84. The van der Waals surface area contributed by atoms with E-state index in [1.807, 2.05) is 6.08 Å². The minimum Gasteiger partial charge on any atom is -0.103 e. The molecule has 0 aromatic rings. The lowest BCUT2D eigenvalue weighted by Gasteiger charge is -2.16. The Labute approximate surface area is 52.6 Å². The second kappa shape index (κ2) is 2.91. The summed E-state index contributed by atoms with van der Waals surface area (Å²) < 4.78 is 0. The zero-order valence-electron chi connectivity index (χ0n) is 6.07. The maximum absolute atomic E-state index is 3.72. The molecule has 0 fully saturated rings. The van der Waals surface area contributed by atoms with E-state index in [0.29, 0.717) is 0 Å². The molecule has 0 aromatic carbocycles. The quantitative estimate of drug-likeness (QED) is 0.491. The van der Waals surface area contributed by atoms with Gasteiger partial charge in [-0.3, -0.25) is 0 Å². The molecule has 0 aromatic heterocycles. The summed E-state index contributed by atoms with van der Waals surface area (Å²) in [7, 11) is 0. The summed E-state index contributed by atoms with van der Waals surface area (Å²) >= 11 is 0. The first-order valence-electron chi connectivity index (χ1n) is 3.10. The molecule has 0 atom stereocenters. The van der Waals surface area contributed by atoms with Crippen LogP contribution in [0.5, 0.6) is 0 Å². The normalized spacial score (nSPS) is 11.4. The Morgan fingerprint density at radius 2 is 2.00 bits per heavy atom. The fraction of sp³-hybridized carbons (Fsp3) is 0.625. The summed E-state index contributed by atoms with van der Waals surface area (Å²) in [6.45, 7) is 10.2. The molecule has 0 heteroatoms. The largest absolute Gasteiger partial charge is 0.103 e. The Kier molecular flexibility index (Phi) is 2.81. The molecule has 47 valence electrons. The molecule has 0 N–H and O–H groups in total. The van der Waals surface area contributed by atoms with E-state index in [-0.39, 0.29) is 5.41 Å². The predicted octanol–water partition coefficient (Wildman–Crippen LogP) is 2.81. The first-order chi connectivity index (χ1) is 3.62. The molecule has 0 amide bonds. The Hall–Kier alpha value is -0.260. The zero-order valence-corrected chi connectivity index (χ0v) is 6.07. The Morgan fingerprint density at radius 1 is 1.50 bits per heavy atom. The molecule has 0 aliphatic heterocycles. The van der Waals surface area contributed by atoms with Crippen LogP contribution >= 0.6 is 0 Å². The molecular weight excluding hydrogens is 96.1 g/mol. The summed E-state index contributed by atoms with van der Waals surface area (Å²) in [5, 5.41) is 0. The van der Waals surface area contributed by atoms with E-state index in [0.717, 1.165) is 6.42 Å². The summed E-state index contributed by atoms with van der Waals surface area (Å²) in [4.78, 5) is 0. The third-order valence-electron chi connectivity index (χ3n) is 1.26. The van der Waals surface area contributed by atoms with E-state index in [1.165, 1.54) is 0 Å². The SMILES string of the molecule is C=CC(C)(C)[CH]CC. The first kappa shape index (κ1) is 7.74. The average Bonchev–Trinajstić information content (AvgIpc) is 1.67. The summed E-state index contributed by atoms with van der Waals surface area (Å²) in [6, 6.07) is 0. The van der Waals surface area contributed by atoms with Gasteiger partial charge in [-0.1, -0.05) is 33.3 Å². The highest BCUT2D eigenvalue weighted by Crippen LogP contribution is 2.20. The topological polar surface area (TPSA) is 0 Å². The van der Waals surface area contributed by atoms with Crippen molar-refractivity contribution in [3.63, 3.8) is 0 Å². The van der Waals surface area contributed by atoms with Gasteiger partial charge in [-0.2, -0.15) is 0 Å². The molecular formula is C8H15.